The van der Waals surface area contributed by atoms with Crippen LogP contribution in [-0.4, -0.2) is 22.2 Å². The Morgan fingerprint density at radius 3 is 3.00 bits per heavy atom. The van der Waals surface area contributed by atoms with Crippen LogP contribution in [0.25, 0.3) is 10.6 Å². The first kappa shape index (κ1) is 9.36. The number of nitrogens with zero attached hydrogens (tertiary/aromatic N) is 3. The number of nitrogens with one attached hydrogen (secondary N) is 1. The Balaban J connectivity index is 2.53. The molecule has 0 saturated heterocycles. The van der Waals surface area contributed by atoms with Crippen molar-refractivity contribution < 1.29 is 0 Å². The Kier molecular flexibility index (Phi) is 2.60. The zero-order valence-corrected chi connectivity index (χ0v) is 8.93. The number of rotatable bonds is 2. The van der Waals surface area contributed by atoms with Crippen LogP contribution < -0.4 is 5.32 Å². The number of anilines is 1. The zero-order chi connectivity index (χ0) is 9.97. The van der Waals surface area contributed by atoms with Gasteiger partial charge in [0, 0.05) is 18.9 Å². The maximum absolute atomic E-state index is 5.77. The highest BCUT2D eigenvalue weighted by Crippen LogP contribution is 2.29. The van der Waals surface area contributed by atoms with Gasteiger partial charge in [0.05, 0.1) is 5.56 Å². The highest BCUT2D eigenvalue weighted by molar-refractivity contribution is 7.12. The molecule has 0 aliphatic carbocycles. The van der Waals surface area contributed by atoms with E-state index in [4.69, 9.17) is 11.6 Å². The van der Waals surface area contributed by atoms with E-state index in [1.807, 2.05) is 7.05 Å². The van der Waals surface area contributed by atoms with Crippen LogP contribution in [-0.2, 0) is 0 Å². The maximum Gasteiger partial charge on any atom is 0.151 e. The van der Waals surface area contributed by atoms with Crippen molar-refractivity contribution in [3.8, 4) is 10.6 Å². The molecular formula is C8H7ClN4S. The van der Waals surface area contributed by atoms with Crippen molar-refractivity contribution in [2.75, 3.05) is 12.4 Å². The molecule has 0 aliphatic heterocycles. The van der Waals surface area contributed by atoms with Gasteiger partial charge >= 0.3 is 0 Å². The molecule has 2 heterocycles. The third-order valence-corrected chi connectivity index (χ3v) is 2.66. The lowest BCUT2D eigenvalue weighted by atomic mass is 10.2. The third-order valence-electron chi connectivity index (χ3n) is 1.73. The van der Waals surface area contributed by atoms with Gasteiger partial charge in [-0.2, -0.15) is 0 Å². The van der Waals surface area contributed by atoms with Crippen LogP contribution in [0.15, 0.2) is 17.8 Å². The van der Waals surface area contributed by atoms with Gasteiger partial charge in [-0.25, -0.2) is 4.98 Å². The molecule has 0 saturated carbocycles. The lowest BCUT2D eigenvalue weighted by Gasteiger charge is -2.05. The van der Waals surface area contributed by atoms with Gasteiger partial charge in [0.25, 0.3) is 0 Å². The van der Waals surface area contributed by atoms with Gasteiger partial charge in [-0.3, -0.25) is 0 Å². The smallest absolute Gasteiger partial charge is 0.151 e. The predicted molar refractivity (Wildman–Crippen MR) is 57.7 cm³/mol. The van der Waals surface area contributed by atoms with E-state index < -0.39 is 0 Å². The van der Waals surface area contributed by atoms with Crippen LogP contribution in [0.3, 0.4) is 0 Å². The second kappa shape index (κ2) is 3.89. The minimum absolute atomic E-state index is 0.461. The Morgan fingerprint density at radius 1 is 1.50 bits per heavy atom. The fourth-order valence-electron chi connectivity index (χ4n) is 1.10. The third kappa shape index (κ3) is 1.69. The molecule has 0 fully saturated rings. The number of pyridine rings is 1. The number of aromatic nitrogens is 3. The highest BCUT2D eigenvalue weighted by atomic mass is 35.5. The lowest BCUT2D eigenvalue weighted by Crippen LogP contribution is -1.93. The standard InChI is InChI=1S/C8H7ClN4S/c1-10-6-2-7(9)11-3-5(6)8-13-12-4-14-8/h2-4H,1H3,(H,10,11). The molecule has 4 nitrogen and oxygen atoms in total. The van der Waals surface area contributed by atoms with Crippen LogP contribution in [0.2, 0.25) is 5.15 Å². The Bertz CT molecular complexity index is 429. The number of hydrogen-bond donors (Lipinski definition) is 1. The monoisotopic (exact) mass is 226 g/mol. The molecule has 0 spiro atoms. The second-order valence-corrected chi connectivity index (χ2v) is 3.77. The molecule has 0 radical (unpaired) electrons. The van der Waals surface area contributed by atoms with Crippen molar-refractivity contribution in [2.45, 2.75) is 0 Å². The van der Waals surface area contributed by atoms with Gasteiger partial charge in [-0.15, -0.1) is 10.2 Å². The van der Waals surface area contributed by atoms with Crippen molar-refractivity contribution in [2.24, 2.45) is 0 Å². The van der Waals surface area contributed by atoms with Crippen molar-refractivity contribution in [1.82, 2.24) is 15.2 Å². The molecule has 72 valence electrons. The zero-order valence-electron chi connectivity index (χ0n) is 7.36. The molecule has 0 aromatic carbocycles. The van der Waals surface area contributed by atoms with E-state index in [1.54, 1.807) is 17.8 Å². The average Bonchev–Trinajstić information content (AvgIpc) is 2.70. The van der Waals surface area contributed by atoms with Crippen molar-refractivity contribution in [1.29, 1.82) is 0 Å². The summed E-state index contributed by atoms with van der Waals surface area (Å²) in [6.45, 7) is 0. The molecule has 0 bridgehead atoms. The van der Waals surface area contributed by atoms with Crippen LogP contribution >= 0.6 is 22.9 Å². The Hall–Kier alpha value is -1.20. The van der Waals surface area contributed by atoms with Gasteiger partial charge in [-0.1, -0.05) is 22.9 Å². The van der Waals surface area contributed by atoms with E-state index >= 15 is 0 Å². The summed E-state index contributed by atoms with van der Waals surface area (Å²) in [4.78, 5) is 4.01. The topological polar surface area (TPSA) is 50.7 Å². The van der Waals surface area contributed by atoms with Crippen LogP contribution in [0, 0.1) is 0 Å². The molecule has 6 heteroatoms. The van der Waals surface area contributed by atoms with Crippen LogP contribution in [0.4, 0.5) is 5.69 Å². The van der Waals surface area contributed by atoms with E-state index in [1.165, 1.54) is 11.3 Å². The summed E-state index contributed by atoms with van der Waals surface area (Å²) in [5, 5.41) is 12.1. The van der Waals surface area contributed by atoms with Gasteiger partial charge in [0.2, 0.25) is 0 Å². The minimum Gasteiger partial charge on any atom is -0.387 e. The van der Waals surface area contributed by atoms with Crippen molar-refractivity contribution >= 4 is 28.6 Å². The molecule has 0 unspecified atom stereocenters. The summed E-state index contributed by atoms with van der Waals surface area (Å²) in [5.41, 5.74) is 3.50. The number of halogens is 1. The van der Waals surface area contributed by atoms with E-state index in [0.29, 0.717) is 5.15 Å². The minimum atomic E-state index is 0.461. The molecule has 0 amide bonds. The molecule has 0 atom stereocenters. The van der Waals surface area contributed by atoms with E-state index in [0.717, 1.165) is 16.3 Å². The van der Waals surface area contributed by atoms with Crippen LogP contribution in [0.5, 0.6) is 0 Å². The van der Waals surface area contributed by atoms with E-state index in [9.17, 15) is 0 Å². The molecule has 2 rings (SSSR count). The van der Waals surface area contributed by atoms with Gasteiger partial charge in [0.1, 0.15) is 10.7 Å². The van der Waals surface area contributed by atoms with Gasteiger partial charge in [0.15, 0.2) is 5.01 Å². The first-order chi connectivity index (χ1) is 6.81. The molecule has 14 heavy (non-hydrogen) atoms. The molecule has 2 aromatic rings. The Morgan fingerprint density at radius 2 is 2.36 bits per heavy atom. The summed E-state index contributed by atoms with van der Waals surface area (Å²) in [6.07, 6.45) is 1.69. The normalized spacial score (nSPS) is 10.1. The largest absolute Gasteiger partial charge is 0.387 e. The van der Waals surface area contributed by atoms with E-state index in [-0.39, 0.29) is 0 Å². The fourth-order valence-corrected chi connectivity index (χ4v) is 1.83. The fraction of sp³-hybridized carbons (Fsp3) is 0.125. The molecule has 0 aliphatic rings. The molecule has 2 aromatic heterocycles. The summed E-state index contributed by atoms with van der Waals surface area (Å²) in [5.74, 6) is 0. The highest BCUT2D eigenvalue weighted by Gasteiger charge is 2.08. The lowest BCUT2D eigenvalue weighted by molar-refractivity contribution is 1.09. The number of hydrogen-bond acceptors (Lipinski definition) is 5. The molecular weight excluding hydrogens is 220 g/mol. The van der Waals surface area contributed by atoms with Gasteiger partial charge in [-0.05, 0) is 6.07 Å². The van der Waals surface area contributed by atoms with E-state index in [2.05, 4.69) is 20.5 Å². The Labute approximate surface area is 90.0 Å². The summed E-state index contributed by atoms with van der Waals surface area (Å²) >= 11 is 7.24. The van der Waals surface area contributed by atoms with Crippen LogP contribution in [0.1, 0.15) is 0 Å². The summed E-state index contributed by atoms with van der Waals surface area (Å²) < 4.78 is 0. The first-order valence-electron chi connectivity index (χ1n) is 3.91. The predicted octanol–water partition coefficient (Wildman–Crippen LogP) is 2.30. The second-order valence-electron chi connectivity index (χ2n) is 2.55. The van der Waals surface area contributed by atoms with Gasteiger partial charge < -0.3 is 5.32 Å². The first-order valence-corrected chi connectivity index (χ1v) is 5.17. The molecule has 1 N–H and O–H groups in total. The average molecular weight is 227 g/mol. The summed E-state index contributed by atoms with van der Waals surface area (Å²) in [7, 11) is 1.83. The summed E-state index contributed by atoms with van der Waals surface area (Å²) in [6, 6.07) is 1.76. The van der Waals surface area contributed by atoms with Crippen molar-refractivity contribution in [3.05, 3.63) is 22.9 Å². The quantitative estimate of drug-likeness (QED) is 0.799. The SMILES string of the molecule is CNc1cc(Cl)ncc1-c1nncs1. The maximum atomic E-state index is 5.77. The van der Waals surface area contributed by atoms with Crippen molar-refractivity contribution in [3.63, 3.8) is 0 Å².